The summed E-state index contributed by atoms with van der Waals surface area (Å²) in [6.45, 7) is 3.11. The van der Waals surface area contributed by atoms with E-state index in [1.807, 2.05) is 12.1 Å². The van der Waals surface area contributed by atoms with E-state index in [-0.39, 0.29) is 11.9 Å². The molecule has 6 rings (SSSR count). The van der Waals surface area contributed by atoms with Gasteiger partial charge in [-0.05, 0) is 42.5 Å². The summed E-state index contributed by atoms with van der Waals surface area (Å²) in [5.41, 5.74) is 9.34. The fourth-order valence-electron chi connectivity index (χ4n) is 5.53. The van der Waals surface area contributed by atoms with Gasteiger partial charge in [-0.25, -0.2) is 4.39 Å². The molecule has 0 spiro atoms. The normalized spacial score (nSPS) is 24.6. The summed E-state index contributed by atoms with van der Waals surface area (Å²) in [6, 6.07) is 7.33. The van der Waals surface area contributed by atoms with Gasteiger partial charge in [-0.3, -0.25) is 4.98 Å². The van der Waals surface area contributed by atoms with Crippen molar-refractivity contribution >= 4 is 45.1 Å². The number of halogens is 1. The first-order chi connectivity index (χ1) is 15.5. The Bertz CT molecular complexity index is 1320. The van der Waals surface area contributed by atoms with E-state index < -0.39 is 0 Å². The number of aromatic amines is 1. The molecule has 0 amide bonds. The van der Waals surface area contributed by atoms with Crippen LogP contribution in [0.4, 0.5) is 27.5 Å². The number of aromatic nitrogens is 4. The average Bonchev–Trinajstić information content (AvgIpc) is 3.40. The summed E-state index contributed by atoms with van der Waals surface area (Å²) in [5.74, 6) is 1.89. The maximum Gasteiger partial charge on any atom is 0.231 e. The molecule has 3 aromatic heterocycles. The lowest BCUT2D eigenvalue weighted by Gasteiger charge is -2.31. The van der Waals surface area contributed by atoms with Crippen LogP contribution >= 0.6 is 0 Å². The second kappa shape index (κ2) is 7.03. The molecule has 4 heterocycles. The molecule has 1 saturated carbocycles. The van der Waals surface area contributed by atoms with Gasteiger partial charge in [0.2, 0.25) is 5.95 Å². The quantitative estimate of drug-likeness (QED) is 0.390. The van der Waals surface area contributed by atoms with Gasteiger partial charge in [-0.15, -0.1) is 0 Å². The molecular formula is C23H25FN8. The number of hydrogen-bond acceptors (Lipinski definition) is 7. The van der Waals surface area contributed by atoms with E-state index in [0.717, 1.165) is 40.8 Å². The monoisotopic (exact) mass is 432 g/mol. The predicted octanol–water partition coefficient (Wildman–Crippen LogP) is 3.60. The van der Waals surface area contributed by atoms with Crippen molar-refractivity contribution in [1.82, 2.24) is 19.9 Å². The molecule has 8 nitrogen and oxygen atoms in total. The van der Waals surface area contributed by atoms with Gasteiger partial charge in [0, 0.05) is 37.3 Å². The molecule has 32 heavy (non-hydrogen) atoms. The average molecular weight is 433 g/mol. The first-order valence-electron chi connectivity index (χ1n) is 10.9. The highest BCUT2D eigenvalue weighted by molar-refractivity contribution is 6.15. The number of hydrogen-bond donors (Lipinski definition) is 4. The summed E-state index contributed by atoms with van der Waals surface area (Å²) in [4.78, 5) is 19.6. The smallest absolute Gasteiger partial charge is 0.231 e. The summed E-state index contributed by atoms with van der Waals surface area (Å²) in [5, 5.41) is 7.95. The number of anilines is 4. The zero-order valence-electron chi connectivity index (χ0n) is 17.9. The number of nitrogens with one attached hydrogen (secondary N) is 3. The molecule has 9 heteroatoms. The zero-order chi connectivity index (χ0) is 22.0. The maximum atomic E-state index is 14.5. The summed E-state index contributed by atoms with van der Waals surface area (Å²) < 4.78 is 14.5. The number of nitrogens with zero attached hydrogens (tertiary/aromatic N) is 4. The molecule has 0 radical (unpaired) electrons. The van der Waals surface area contributed by atoms with Crippen molar-refractivity contribution in [3.05, 3.63) is 42.5 Å². The summed E-state index contributed by atoms with van der Waals surface area (Å²) in [6.07, 6.45) is 4.38. The van der Waals surface area contributed by atoms with Gasteiger partial charge in [0.25, 0.3) is 0 Å². The van der Waals surface area contributed by atoms with Gasteiger partial charge in [0.15, 0.2) is 0 Å². The van der Waals surface area contributed by atoms with Crippen molar-refractivity contribution < 1.29 is 4.39 Å². The molecule has 2 aliphatic rings. The standard InChI is InChI=1S/C23H25FN8/c1-11-15-10-32(18(11)8-16(15)25)22-19-14-6-12(24)7-17(26-2)20(14)29-21(19)30-23(31-22)28-13-4-3-5-27-9-13/h3-7,9,11,15-16,18,26H,8,10,25H2,1-2H3,(H2,28,29,30,31)/t11-,15+,16-,18+/m1/s1. The van der Waals surface area contributed by atoms with Crippen molar-refractivity contribution in [2.75, 3.05) is 29.1 Å². The van der Waals surface area contributed by atoms with Gasteiger partial charge >= 0.3 is 0 Å². The van der Waals surface area contributed by atoms with Crippen LogP contribution in [0.1, 0.15) is 13.3 Å². The SMILES string of the molecule is CNc1cc(F)cc2c1[nH]c1nc(Nc3cccnc3)nc(N3C[C@H]4[C@@H](C)[C@@H]3C[C@H]4N)c12. The van der Waals surface area contributed by atoms with E-state index in [2.05, 4.69) is 32.4 Å². The third kappa shape index (κ3) is 2.81. The van der Waals surface area contributed by atoms with Crippen LogP contribution in [0.2, 0.25) is 0 Å². The van der Waals surface area contributed by atoms with Crippen molar-refractivity contribution in [3.63, 3.8) is 0 Å². The molecule has 1 aliphatic carbocycles. The zero-order valence-corrected chi connectivity index (χ0v) is 17.9. The Morgan fingerprint density at radius 3 is 2.84 bits per heavy atom. The fourth-order valence-corrected chi connectivity index (χ4v) is 5.53. The lowest BCUT2D eigenvalue weighted by Crippen LogP contribution is -2.41. The minimum atomic E-state index is -0.301. The molecule has 164 valence electrons. The van der Waals surface area contributed by atoms with Crippen LogP contribution in [0.5, 0.6) is 0 Å². The molecule has 1 aliphatic heterocycles. The number of nitrogens with two attached hydrogens (primary N) is 1. The highest BCUT2D eigenvalue weighted by Crippen LogP contribution is 2.46. The van der Waals surface area contributed by atoms with Crippen LogP contribution in [-0.2, 0) is 0 Å². The lowest BCUT2D eigenvalue weighted by molar-refractivity contribution is 0.436. The maximum absolute atomic E-state index is 14.5. The fraction of sp³-hybridized carbons (Fsp3) is 0.348. The van der Waals surface area contributed by atoms with Gasteiger partial charge in [0.05, 0.1) is 28.5 Å². The van der Waals surface area contributed by atoms with Crippen LogP contribution in [0.15, 0.2) is 36.7 Å². The summed E-state index contributed by atoms with van der Waals surface area (Å²) in [7, 11) is 1.78. The second-order valence-corrected chi connectivity index (χ2v) is 8.85. The highest BCUT2D eigenvalue weighted by atomic mass is 19.1. The molecule has 2 bridgehead atoms. The van der Waals surface area contributed by atoms with Crippen molar-refractivity contribution in [2.24, 2.45) is 17.6 Å². The predicted molar refractivity (Wildman–Crippen MR) is 125 cm³/mol. The van der Waals surface area contributed by atoms with Gasteiger partial charge in [-0.1, -0.05) is 6.92 Å². The summed E-state index contributed by atoms with van der Waals surface area (Å²) >= 11 is 0. The first-order valence-corrected chi connectivity index (χ1v) is 10.9. The minimum absolute atomic E-state index is 0.216. The van der Waals surface area contributed by atoms with E-state index in [9.17, 15) is 4.39 Å². The molecule has 2 fully saturated rings. The van der Waals surface area contributed by atoms with Gasteiger partial charge in [0.1, 0.15) is 17.3 Å². The number of rotatable bonds is 4. The van der Waals surface area contributed by atoms with Crippen molar-refractivity contribution in [1.29, 1.82) is 0 Å². The van der Waals surface area contributed by atoms with Gasteiger partial charge < -0.3 is 26.3 Å². The number of H-pyrrole nitrogens is 1. The van der Waals surface area contributed by atoms with Crippen LogP contribution in [0.25, 0.3) is 21.9 Å². The Balaban J connectivity index is 1.57. The molecule has 4 aromatic rings. The van der Waals surface area contributed by atoms with E-state index in [4.69, 9.17) is 15.7 Å². The topological polar surface area (TPSA) is 108 Å². The lowest BCUT2D eigenvalue weighted by atomic mass is 9.98. The van der Waals surface area contributed by atoms with Crippen LogP contribution in [-0.4, -0.2) is 45.6 Å². The number of fused-ring (bicyclic) bond motifs is 5. The molecule has 1 aromatic carbocycles. The Morgan fingerprint density at radius 1 is 1.28 bits per heavy atom. The van der Waals surface area contributed by atoms with E-state index in [1.165, 1.54) is 6.07 Å². The molecule has 4 atom stereocenters. The molecule has 1 saturated heterocycles. The Kier molecular flexibility index (Phi) is 4.23. The van der Waals surface area contributed by atoms with E-state index in [0.29, 0.717) is 35.2 Å². The molecule has 0 unspecified atom stereocenters. The van der Waals surface area contributed by atoms with Crippen LogP contribution < -0.4 is 21.3 Å². The first kappa shape index (κ1) is 19.2. The number of benzene rings is 1. The minimum Gasteiger partial charge on any atom is -0.386 e. The van der Waals surface area contributed by atoms with Crippen LogP contribution in [0.3, 0.4) is 0 Å². The number of pyridine rings is 1. The van der Waals surface area contributed by atoms with Crippen molar-refractivity contribution in [2.45, 2.75) is 25.4 Å². The Labute approximate surface area is 184 Å². The van der Waals surface area contributed by atoms with E-state index in [1.54, 1.807) is 25.5 Å². The molecule has 5 N–H and O–H groups in total. The third-order valence-corrected chi connectivity index (χ3v) is 7.12. The Hall–Kier alpha value is -3.46. The van der Waals surface area contributed by atoms with Crippen molar-refractivity contribution in [3.8, 4) is 0 Å². The Morgan fingerprint density at radius 2 is 2.16 bits per heavy atom. The second-order valence-electron chi connectivity index (χ2n) is 8.85. The van der Waals surface area contributed by atoms with Gasteiger partial charge in [-0.2, -0.15) is 9.97 Å². The van der Waals surface area contributed by atoms with Crippen LogP contribution in [0, 0.1) is 17.7 Å². The van der Waals surface area contributed by atoms with E-state index >= 15 is 0 Å². The third-order valence-electron chi connectivity index (χ3n) is 7.12. The largest absolute Gasteiger partial charge is 0.386 e. The molecular weight excluding hydrogens is 407 g/mol. The highest BCUT2D eigenvalue weighted by Gasteiger charge is 2.49. The number of piperidine rings is 1.